The molecule has 186 valence electrons. The van der Waals surface area contributed by atoms with E-state index in [4.69, 9.17) is 29.4 Å². The van der Waals surface area contributed by atoms with Gasteiger partial charge in [0.1, 0.15) is 0 Å². The van der Waals surface area contributed by atoms with Gasteiger partial charge in [-0.25, -0.2) is 0 Å². The number of carbonyl (C=O) groups excluding carboxylic acids is 1. The Hall–Kier alpha value is -4.27. The third kappa shape index (κ3) is 3.42. The second-order valence-electron chi connectivity index (χ2n) is 9.15. The van der Waals surface area contributed by atoms with Gasteiger partial charge >= 0.3 is 5.97 Å². The number of nitrogens with two attached hydrogens (primary N) is 1. The molecule has 2 heterocycles. The molecule has 6 rings (SSSR count). The van der Waals surface area contributed by atoms with Gasteiger partial charge in [-0.05, 0) is 65.2 Å². The number of benzene rings is 3. The zero-order valence-corrected chi connectivity index (χ0v) is 19.8. The summed E-state index contributed by atoms with van der Waals surface area (Å²) in [5.74, 6) is 0.383. The van der Waals surface area contributed by atoms with E-state index >= 15 is 0 Å². The fraction of sp³-hybridized carbons (Fsp3) is 0.296. The van der Waals surface area contributed by atoms with Crippen molar-refractivity contribution < 1.29 is 33.6 Å². The Morgan fingerprint density at radius 1 is 0.944 bits per heavy atom. The lowest BCUT2D eigenvalue weighted by Crippen LogP contribution is -2.37. The van der Waals surface area contributed by atoms with Crippen molar-refractivity contribution in [1.82, 2.24) is 0 Å². The van der Waals surface area contributed by atoms with E-state index in [1.807, 2.05) is 36.4 Å². The van der Waals surface area contributed by atoms with Gasteiger partial charge in [-0.2, -0.15) is 0 Å². The van der Waals surface area contributed by atoms with Crippen LogP contribution in [0.2, 0.25) is 0 Å². The number of fused-ring (bicyclic) bond motifs is 3. The number of phenolic OH excluding ortho intramolecular Hbond substituents is 1. The third-order valence-electron chi connectivity index (χ3n) is 7.28. The second-order valence-corrected chi connectivity index (χ2v) is 9.15. The molecule has 0 aromatic heterocycles. The highest BCUT2D eigenvalue weighted by molar-refractivity contribution is 5.79. The number of rotatable bonds is 5. The molecule has 1 fully saturated rings. The molecule has 9 nitrogen and oxygen atoms in total. The highest BCUT2D eigenvalue weighted by Crippen LogP contribution is 2.56. The lowest BCUT2D eigenvalue weighted by molar-refractivity contribution is -0.141. The predicted octanol–water partition coefficient (Wildman–Crippen LogP) is 3.81. The molecule has 3 aliphatic rings. The monoisotopic (exact) mass is 490 g/mol. The zero-order chi connectivity index (χ0) is 25.0. The number of phenols is 1. The molecule has 3 aromatic carbocycles. The maximum absolute atomic E-state index is 13.2. The maximum Gasteiger partial charge on any atom is 0.310 e. The van der Waals surface area contributed by atoms with E-state index in [2.05, 4.69) is 5.32 Å². The van der Waals surface area contributed by atoms with Gasteiger partial charge in [0.15, 0.2) is 23.0 Å². The van der Waals surface area contributed by atoms with E-state index in [9.17, 15) is 9.90 Å². The summed E-state index contributed by atoms with van der Waals surface area (Å²) in [7, 11) is 2.95. The molecule has 0 radical (unpaired) electrons. The fourth-order valence-electron chi connectivity index (χ4n) is 5.60. The van der Waals surface area contributed by atoms with Crippen LogP contribution < -0.4 is 30.0 Å². The van der Waals surface area contributed by atoms with Gasteiger partial charge in [-0.15, -0.1) is 0 Å². The normalized spacial score (nSPS) is 23.4. The predicted molar refractivity (Wildman–Crippen MR) is 131 cm³/mol. The number of hydrogen-bond donors (Lipinski definition) is 3. The SMILES string of the molecule is COc1cc(C2c3cc4c(cc3[C@@H](Nc3ccc(N)cc3)C3COC(=O)[C@H]23)OCO4)cc(OC)c1O. The first kappa shape index (κ1) is 22.2. The van der Waals surface area contributed by atoms with Crippen molar-refractivity contribution in [3.8, 4) is 28.7 Å². The summed E-state index contributed by atoms with van der Waals surface area (Å²) >= 11 is 0. The number of aromatic hydroxyl groups is 1. The van der Waals surface area contributed by atoms with Crippen molar-refractivity contribution in [3.63, 3.8) is 0 Å². The molecule has 2 unspecified atom stereocenters. The summed E-state index contributed by atoms with van der Waals surface area (Å²) in [6.45, 7) is 0.404. The van der Waals surface area contributed by atoms with Crippen LogP contribution in [0.15, 0.2) is 48.5 Å². The summed E-state index contributed by atoms with van der Waals surface area (Å²) in [4.78, 5) is 13.2. The molecule has 0 amide bonds. The number of nitrogens with one attached hydrogen (secondary N) is 1. The summed E-state index contributed by atoms with van der Waals surface area (Å²) in [5.41, 5.74) is 10.1. The van der Waals surface area contributed by atoms with Crippen molar-refractivity contribution in [1.29, 1.82) is 0 Å². The summed E-state index contributed by atoms with van der Waals surface area (Å²) in [5, 5.41) is 14.1. The average Bonchev–Trinajstić information content (AvgIpc) is 3.51. The second kappa shape index (κ2) is 8.44. The van der Waals surface area contributed by atoms with Crippen molar-refractivity contribution in [2.75, 3.05) is 38.7 Å². The van der Waals surface area contributed by atoms with Crippen LogP contribution in [0.3, 0.4) is 0 Å². The van der Waals surface area contributed by atoms with Crippen molar-refractivity contribution in [2.24, 2.45) is 11.8 Å². The van der Waals surface area contributed by atoms with Gasteiger partial charge in [0.05, 0.1) is 32.8 Å². The molecular formula is C27H26N2O7. The molecule has 0 spiro atoms. The first-order chi connectivity index (χ1) is 17.5. The molecule has 0 bridgehead atoms. The van der Waals surface area contributed by atoms with Crippen molar-refractivity contribution in [2.45, 2.75) is 12.0 Å². The first-order valence-corrected chi connectivity index (χ1v) is 11.7. The molecule has 3 aromatic rings. The Morgan fingerprint density at radius 3 is 2.22 bits per heavy atom. The fourth-order valence-corrected chi connectivity index (χ4v) is 5.60. The molecular weight excluding hydrogens is 464 g/mol. The minimum absolute atomic E-state index is 0.0982. The summed E-state index contributed by atoms with van der Waals surface area (Å²) in [6.07, 6.45) is 0. The first-order valence-electron chi connectivity index (χ1n) is 11.7. The van der Waals surface area contributed by atoms with Gasteiger partial charge in [0.2, 0.25) is 12.5 Å². The standard InChI is InChI=1S/C27H26N2O7/c1-32-21-7-13(8-22(33-2)26(21)30)23-16-9-19-20(36-12-35-19)10-17(16)25(18-11-34-27(31)24(18)23)29-15-5-3-14(28)4-6-15/h3-10,18,23-25,29-30H,11-12,28H2,1-2H3/t18?,23?,24-,25+/m0/s1. The van der Waals surface area contributed by atoms with Crippen molar-refractivity contribution >= 4 is 17.3 Å². The van der Waals surface area contributed by atoms with Crippen LogP contribution in [0.5, 0.6) is 28.7 Å². The summed E-state index contributed by atoms with van der Waals surface area (Å²) in [6, 6.07) is 14.7. The Morgan fingerprint density at radius 2 is 1.58 bits per heavy atom. The number of nitrogen functional groups attached to an aromatic ring is 1. The van der Waals surface area contributed by atoms with Gasteiger partial charge in [0, 0.05) is 23.2 Å². The van der Waals surface area contributed by atoms with E-state index in [-0.39, 0.29) is 54.5 Å². The lowest BCUT2D eigenvalue weighted by Gasteiger charge is -2.40. The van der Waals surface area contributed by atoms with Crippen LogP contribution in [-0.2, 0) is 9.53 Å². The van der Waals surface area contributed by atoms with Gasteiger partial charge < -0.3 is 39.8 Å². The number of cyclic esters (lactones) is 1. The number of esters is 1. The molecule has 36 heavy (non-hydrogen) atoms. The minimum atomic E-state index is -0.483. The Bertz CT molecular complexity index is 1320. The number of methoxy groups -OCH3 is 2. The molecule has 4 N–H and O–H groups in total. The van der Waals surface area contributed by atoms with Crippen LogP contribution in [0.25, 0.3) is 0 Å². The number of carbonyl (C=O) groups is 1. The highest BCUT2D eigenvalue weighted by Gasteiger charge is 2.52. The zero-order valence-electron chi connectivity index (χ0n) is 19.8. The number of anilines is 2. The highest BCUT2D eigenvalue weighted by atomic mass is 16.7. The molecule has 4 atom stereocenters. The van der Waals surface area contributed by atoms with Gasteiger partial charge in [-0.3, -0.25) is 4.79 Å². The Kier molecular flexibility index (Phi) is 5.21. The van der Waals surface area contributed by atoms with Crippen LogP contribution in [0, 0.1) is 11.8 Å². The van der Waals surface area contributed by atoms with E-state index in [0.717, 1.165) is 22.4 Å². The largest absolute Gasteiger partial charge is 0.502 e. The Balaban J connectivity index is 1.55. The molecule has 1 aliphatic carbocycles. The Labute approximate surface area is 207 Å². The summed E-state index contributed by atoms with van der Waals surface area (Å²) < 4.78 is 27.9. The van der Waals surface area contributed by atoms with Crippen molar-refractivity contribution in [3.05, 3.63) is 65.2 Å². The molecule has 9 heteroatoms. The van der Waals surface area contributed by atoms with Crippen LogP contribution in [-0.4, -0.2) is 38.7 Å². The van der Waals surface area contributed by atoms with E-state index in [1.165, 1.54) is 14.2 Å². The van der Waals surface area contributed by atoms with Gasteiger partial charge in [-0.1, -0.05) is 0 Å². The number of hydrogen-bond acceptors (Lipinski definition) is 9. The van der Waals surface area contributed by atoms with Crippen LogP contribution in [0.4, 0.5) is 11.4 Å². The van der Waals surface area contributed by atoms with Crippen LogP contribution >= 0.6 is 0 Å². The number of ether oxygens (including phenoxy) is 5. The van der Waals surface area contributed by atoms with E-state index < -0.39 is 5.92 Å². The molecule has 0 saturated carbocycles. The minimum Gasteiger partial charge on any atom is -0.502 e. The third-order valence-corrected chi connectivity index (χ3v) is 7.28. The molecule has 2 aliphatic heterocycles. The average molecular weight is 491 g/mol. The van der Waals surface area contributed by atoms with E-state index in [0.29, 0.717) is 17.2 Å². The maximum atomic E-state index is 13.2. The van der Waals surface area contributed by atoms with E-state index in [1.54, 1.807) is 12.1 Å². The van der Waals surface area contributed by atoms with Gasteiger partial charge in [0.25, 0.3) is 0 Å². The smallest absolute Gasteiger partial charge is 0.310 e. The molecule has 1 saturated heterocycles. The quantitative estimate of drug-likeness (QED) is 0.362. The van der Waals surface area contributed by atoms with Crippen LogP contribution in [0.1, 0.15) is 28.7 Å². The lowest BCUT2D eigenvalue weighted by atomic mass is 9.65. The topological polar surface area (TPSA) is 122 Å².